The number of rotatable bonds is 6. The van der Waals surface area contributed by atoms with Gasteiger partial charge >= 0.3 is 0 Å². The van der Waals surface area contributed by atoms with Crippen molar-refractivity contribution in [3.8, 4) is 5.69 Å². The van der Waals surface area contributed by atoms with Gasteiger partial charge in [0.05, 0.1) is 17.9 Å². The third kappa shape index (κ3) is 4.33. The fourth-order valence-corrected chi connectivity index (χ4v) is 4.34. The molecule has 0 aliphatic heterocycles. The SMILES string of the molecule is Cc1c(C(=O)Nc2cccc(C(C)(F)F)c2)c(=O)n(-c2ccc3cc[nH]c3c2)n1Cc1ccccc1. The molecule has 3 aromatic carbocycles. The highest BCUT2D eigenvalue weighted by molar-refractivity contribution is 6.05. The number of alkyl halides is 2. The molecule has 6 nitrogen and oxygen atoms in total. The summed E-state index contributed by atoms with van der Waals surface area (Å²) in [6, 6.07) is 22.6. The molecule has 182 valence electrons. The molecule has 2 N–H and O–H groups in total. The highest BCUT2D eigenvalue weighted by atomic mass is 19.3. The highest BCUT2D eigenvalue weighted by Crippen LogP contribution is 2.29. The number of amides is 1. The summed E-state index contributed by atoms with van der Waals surface area (Å²) in [6.45, 7) is 2.86. The van der Waals surface area contributed by atoms with E-state index in [9.17, 15) is 18.4 Å². The van der Waals surface area contributed by atoms with E-state index in [4.69, 9.17) is 0 Å². The number of hydrogen-bond donors (Lipinski definition) is 2. The van der Waals surface area contributed by atoms with Gasteiger partial charge in [0, 0.05) is 29.9 Å². The zero-order chi connectivity index (χ0) is 25.4. The molecule has 5 rings (SSSR count). The van der Waals surface area contributed by atoms with Gasteiger partial charge < -0.3 is 10.3 Å². The standard InChI is InChI=1S/C28H24F2N4O2/c1-18-25(26(35)32-22-10-6-9-21(15-22)28(2,29)30)27(36)34(33(18)17-19-7-4-3-5-8-19)23-12-11-20-13-14-31-24(20)16-23/h3-16,31H,17H2,1-2H3,(H,32,35). The molecule has 0 saturated carbocycles. The Morgan fingerprint density at radius 3 is 2.53 bits per heavy atom. The number of aromatic amines is 1. The van der Waals surface area contributed by atoms with E-state index in [0.29, 0.717) is 17.9 Å². The maximum atomic E-state index is 13.8. The summed E-state index contributed by atoms with van der Waals surface area (Å²) < 4.78 is 30.8. The Labute approximate surface area is 205 Å². The van der Waals surface area contributed by atoms with Crippen molar-refractivity contribution in [3.05, 3.63) is 118 Å². The molecule has 8 heteroatoms. The quantitative estimate of drug-likeness (QED) is 0.317. The lowest BCUT2D eigenvalue weighted by Gasteiger charge is -2.14. The van der Waals surface area contributed by atoms with E-state index in [1.54, 1.807) is 11.6 Å². The molecule has 0 aliphatic carbocycles. The minimum Gasteiger partial charge on any atom is -0.361 e. The molecular weight excluding hydrogens is 462 g/mol. The second-order valence-corrected chi connectivity index (χ2v) is 8.79. The lowest BCUT2D eigenvalue weighted by Crippen LogP contribution is -2.26. The Hall–Kier alpha value is -4.46. The summed E-state index contributed by atoms with van der Waals surface area (Å²) in [6.07, 6.45) is 1.82. The predicted octanol–water partition coefficient (Wildman–Crippen LogP) is 5.84. The topological polar surface area (TPSA) is 71.8 Å². The third-order valence-corrected chi connectivity index (χ3v) is 6.21. The zero-order valence-electron chi connectivity index (χ0n) is 19.8. The minimum atomic E-state index is -3.06. The van der Waals surface area contributed by atoms with Gasteiger partial charge in [-0.05, 0) is 48.2 Å². The molecule has 0 unspecified atom stereocenters. The van der Waals surface area contributed by atoms with E-state index >= 15 is 0 Å². The van der Waals surface area contributed by atoms with Gasteiger partial charge in [0.2, 0.25) is 0 Å². The Balaban J connectivity index is 1.61. The van der Waals surface area contributed by atoms with E-state index in [0.717, 1.165) is 23.4 Å². The number of carbonyl (C=O) groups excluding carboxylic acids is 1. The van der Waals surface area contributed by atoms with Crippen molar-refractivity contribution in [2.45, 2.75) is 26.3 Å². The van der Waals surface area contributed by atoms with Crippen LogP contribution in [0, 0.1) is 6.92 Å². The first kappa shape index (κ1) is 23.3. The molecule has 1 amide bonds. The lowest BCUT2D eigenvalue weighted by atomic mass is 10.1. The van der Waals surface area contributed by atoms with Gasteiger partial charge in [-0.1, -0.05) is 48.5 Å². The number of H-pyrrole nitrogens is 1. The van der Waals surface area contributed by atoms with E-state index in [1.165, 1.54) is 28.9 Å². The van der Waals surface area contributed by atoms with E-state index in [-0.39, 0.29) is 16.8 Å². The molecule has 0 spiro atoms. The second-order valence-electron chi connectivity index (χ2n) is 8.79. The molecule has 0 atom stereocenters. The number of anilines is 1. The molecule has 2 aromatic heterocycles. The van der Waals surface area contributed by atoms with Gasteiger partial charge in [-0.15, -0.1) is 0 Å². The van der Waals surface area contributed by atoms with Crippen molar-refractivity contribution >= 4 is 22.5 Å². The summed E-state index contributed by atoms with van der Waals surface area (Å²) >= 11 is 0. The van der Waals surface area contributed by atoms with Crippen LogP contribution in [0.5, 0.6) is 0 Å². The first-order chi connectivity index (χ1) is 17.2. The zero-order valence-corrected chi connectivity index (χ0v) is 19.8. The molecule has 36 heavy (non-hydrogen) atoms. The number of halogens is 2. The lowest BCUT2D eigenvalue weighted by molar-refractivity contribution is 0.0175. The number of nitrogens with one attached hydrogen (secondary N) is 2. The molecule has 0 saturated heterocycles. The number of carbonyl (C=O) groups is 1. The summed E-state index contributed by atoms with van der Waals surface area (Å²) in [7, 11) is 0. The van der Waals surface area contributed by atoms with Crippen LogP contribution in [0.3, 0.4) is 0 Å². The first-order valence-corrected chi connectivity index (χ1v) is 11.5. The normalized spacial score (nSPS) is 11.7. The Kier molecular flexibility index (Phi) is 5.80. The Morgan fingerprint density at radius 1 is 1.00 bits per heavy atom. The van der Waals surface area contributed by atoms with Gasteiger partial charge in [-0.3, -0.25) is 14.3 Å². The van der Waals surface area contributed by atoms with Gasteiger partial charge in [0.1, 0.15) is 5.56 Å². The average molecular weight is 487 g/mol. The van der Waals surface area contributed by atoms with Crippen molar-refractivity contribution in [1.29, 1.82) is 0 Å². The molecule has 5 aromatic rings. The number of fused-ring (bicyclic) bond motifs is 1. The highest BCUT2D eigenvalue weighted by Gasteiger charge is 2.26. The van der Waals surface area contributed by atoms with Crippen LogP contribution < -0.4 is 10.9 Å². The van der Waals surface area contributed by atoms with Crippen LogP contribution >= 0.6 is 0 Å². The predicted molar refractivity (Wildman–Crippen MR) is 136 cm³/mol. The number of benzene rings is 3. The summed E-state index contributed by atoms with van der Waals surface area (Å²) in [5.41, 5.74) is 2.28. The molecule has 2 heterocycles. The summed E-state index contributed by atoms with van der Waals surface area (Å²) in [5, 5.41) is 3.62. The van der Waals surface area contributed by atoms with Gasteiger partial charge in [-0.2, -0.15) is 0 Å². The van der Waals surface area contributed by atoms with Crippen LogP contribution in [0.4, 0.5) is 14.5 Å². The molecule has 0 fully saturated rings. The maximum absolute atomic E-state index is 13.8. The molecule has 0 bridgehead atoms. The van der Waals surface area contributed by atoms with Crippen molar-refractivity contribution in [1.82, 2.24) is 14.3 Å². The van der Waals surface area contributed by atoms with Gasteiger partial charge in [0.15, 0.2) is 0 Å². The van der Waals surface area contributed by atoms with Crippen LogP contribution in [0.15, 0.2) is 89.9 Å². The molecule has 0 aliphatic rings. The number of hydrogen-bond acceptors (Lipinski definition) is 2. The van der Waals surface area contributed by atoms with Crippen molar-refractivity contribution in [2.75, 3.05) is 5.32 Å². The fourth-order valence-electron chi connectivity index (χ4n) is 4.34. The van der Waals surface area contributed by atoms with E-state index < -0.39 is 17.4 Å². The summed E-state index contributed by atoms with van der Waals surface area (Å²) in [4.78, 5) is 30.1. The van der Waals surface area contributed by atoms with Crippen LogP contribution in [0.25, 0.3) is 16.6 Å². The van der Waals surface area contributed by atoms with Crippen LogP contribution in [0.2, 0.25) is 0 Å². The maximum Gasteiger partial charge on any atom is 0.284 e. The third-order valence-electron chi connectivity index (χ3n) is 6.21. The minimum absolute atomic E-state index is 0.0498. The van der Waals surface area contributed by atoms with E-state index in [1.807, 2.05) is 60.8 Å². The Bertz CT molecular complexity index is 1630. The van der Waals surface area contributed by atoms with Gasteiger partial charge in [-0.25, -0.2) is 13.5 Å². The largest absolute Gasteiger partial charge is 0.361 e. The van der Waals surface area contributed by atoms with Crippen molar-refractivity contribution in [2.24, 2.45) is 0 Å². The van der Waals surface area contributed by atoms with Crippen LogP contribution in [-0.2, 0) is 12.5 Å². The second kappa shape index (κ2) is 8.96. The number of nitrogens with zero attached hydrogens (tertiary/aromatic N) is 2. The molecule has 0 radical (unpaired) electrons. The van der Waals surface area contributed by atoms with Crippen molar-refractivity contribution < 1.29 is 13.6 Å². The number of aromatic nitrogens is 3. The Morgan fingerprint density at radius 2 is 1.78 bits per heavy atom. The fraction of sp³-hybridized carbons (Fsp3) is 0.143. The average Bonchev–Trinajstić information content (AvgIpc) is 3.41. The van der Waals surface area contributed by atoms with E-state index in [2.05, 4.69) is 10.3 Å². The summed E-state index contributed by atoms with van der Waals surface area (Å²) in [5.74, 6) is -3.71. The smallest absolute Gasteiger partial charge is 0.284 e. The first-order valence-electron chi connectivity index (χ1n) is 11.5. The van der Waals surface area contributed by atoms with Gasteiger partial charge in [0.25, 0.3) is 17.4 Å². The monoisotopic (exact) mass is 486 g/mol. The molecular formula is C28H24F2N4O2. The van der Waals surface area contributed by atoms with Crippen molar-refractivity contribution in [3.63, 3.8) is 0 Å². The van der Waals surface area contributed by atoms with Crippen LogP contribution in [-0.4, -0.2) is 20.3 Å². The van der Waals surface area contributed by atoms with Crippen LogP contribution in [0.1, 0.15) is 34.1 Å².